The molecule has 0 spiro atoms. The van der Waals surface area contributed by atoms with Crippen molar-refractivity contribution >= 4 is 59.0 Å². The summed E-state index contributed by atoms with van der Waals surface area (Å²) in [6, 6.07) is 6.90. The van der Waals surface area contributed by atoms with Crippen LogP contribution >= 0.6 is 23.6 Å². The third-order valence-electron chi connectivity index (χ3n) is 4.09. The number of carboxylic acids is 1. The molecule has 1 atom stereocenters. The van der Waals surface area contributed by atoms with Crippen LogP contribution in [0.15, 0.2) is 29.3 Å². The van der Waals surface area contributed by atoms with Gasteiger partial charge in [-0.3, -0.25) is 19.1 Å². The zero-order chi connectivity index (χ0) is 19.6. The monoisotopic (exact) mass is 403 g/mol. The number of aliphatic imine (C=N–C) groups is 1. The Balaban J connectivity index is 1.85. The summed E-state index contributed by atoms with van der Waals surface area (Å²) in [6.07, 6.45) is 3.34. The van der Waals surface area contributed by atoms with Crippen LogP contribution in [0.4, 0.5) is 5.69 Å². The lowest BCUT2D eigenvalue weighted by Gasteiger charge is -2.14. The van der Waals surface area contributed by atoms with E-state index in [2.05, 4.69) is 10.3 Å². The summed E-state index contributed by atoms with van der Waals surface area (Å²) in [4.78, 5) is 27.7. The molecule has 0 radical (unpaired) electrons. The fourth-order valence-electron chi connectivity index (χ4n) is 2.68. The quantitative estimate of drug-likeness (QED) is 0.642. The van der Waals surface area contributed by atoms with Gasteiger partial charge < -0.3 is 15.5 Å². The molecule has 2 aromatic rings. The first-order valence-electron chi connectivity index (χ1n) is 8.17. The molecule has 2 heterocycles. The highest BCUT2D eigenvalue weighted by molar-refractivity contribution is 7.73. The molecule has 0 saturated heterocycles. The highest BCUT2D eigenvalue weighted by Crippen LogP contribution is 2.36. The SMILES string of the molecule is CC(C(=O)NCCC(=O)O)n1c(O)c(/C=C2/C=Nc3ccccc32)sc1=S. The fraction of sp³-hybridized carbons (Fsp3) is 0.222. The highest BCUT2D eigenvalue weighted by Gasteiger charge is 2.22. The Kier molecular flexibility index (Phi) is 5.52. The number of nitrogens with zero attached hydrogens (tertiary/aromatic N) is 2. The third kappa shape index (κ3) is 3.99. The lowest BCUT2D eigenvalue weighted by molar-refractivity contribution is -0.137. The van der Waals surface area contributed by atoms with Crippen molar-refractivity contribution in [2.75, 3.05) is 6.54 Å². The van der Waals surface area contributed by atoms with Gasteiger partial charge in [0.25, 0.3) is 0 Å². The Morgan fingerprint density at radius 2 is 2.15 bits per heavy atom. The number of thiazole rings is 1. The number of aromatic hydroxyl groups is 1. The van der Waals surface area contributed by atoms with E-state index in [1.165, 1.54) is 15.9 Å². The standard InChI is InChI=1S/C18H17N3O4S2/c1-10(16(24)19-7-6-15(22)23)21-17(25)14(27-18(21)26)8-11-9-20-13-5-3-2-4-12(11)13/h2-5,8-10,25H,6-7H2,1H3,(H,19,24)(H,22,23)/b11-8-. The average Bonchev–Trinajstić information content (AvgIpc) is 3.15. The molecule has 0 fully saturated rings. The summed E-state index contributed by atoms with van der Waals surface area (Å²) in [5.41, 5.74) is 2.67. The number of fused-ring (bicyclic) bond motifs is 1. The normalized spacial score (nSPS) is 14.9. The molecule has 1 aromatic carbocycles. The van der Waals surface area contributed by atoms with E-state index >= 15 is 0 Å². The van der Waals surface area contributed by atoms with Crippen LogP contribution in [0, 0.1) is 3.95 Å². The smallest absolute Gasteiger partial charge is 0.305 e. The van der Waals surface area contributed by atoms with E-state index in [0.29, 0.717) is 8.83 Å². The Hall–Kier alpha value is -2.78. The van der Waals surface area contributed by atoms with Crippen LogP contribution in [-0.2, 0) is 9.59 Å². The maximum Gasteiger partial charge on any atom is 0.305 e. The van der Waals surface area contributed by atoms with Gasteiger partial charge in [-0.15, -0.1) is 11.3 Å². The predicted molar refractivity (Wildman–Crippen MR) is 107 cm³/mol. The van der Waals surface area contributed by atoms with Gasteiger partial charge in [-0.25, -0.2) is 0 Å². The molecular weight excluding hydrogens is 386 g/mol. The predicted octanol–water partition coefficient (Wildman–Crippen LogP) is 3.39. The van der Waals surface area contributed by atoms with E-state index in [0.717, 1.165) is 16.8 Å². The molecule has 1 aliphatic heterocycles. The number of nitrogens with one attached hydrogen (secondary N) is 1. The van der Waals surface area contributed by atoms with Crippen LogP contribution in [0.5, 0.6) is 5.88 Å². The number of carbonyl (C=O) groups is 2. The number of allylic oxidation sites excluding steroid dienone is 1. The van der Waals surface area contributed by atoms with Crippen molar-refractivity contribution in [2.24, 2.45) is 4.99 Å². The third-order valence-corrected chi connectivity index (χ3v) is 5.43. The second kappa shape index (κ2) is 7.85. The zero-order valence-electron chi connectivity index (χ0n) is 14.4. The zero-order valence-corrected chi connectivity index (χ0v) is 16.0. The number of benzene rings is 1. The molecule has 0 bridgehead atoms. The van der Waals surface area contributed by atoms with Crippen molar-refractivity contribution < 1.29 is 19.8 Å². The molecule has 0 aliphatic carbocycles. The molecule has 1 amide bonds. The van der Waals surface area contributed by atoms with Gasteiger partial charge in [0, 0.05) is 23.9 Å². The molecule has 3 rings (SSSR count). The van der Waals surface area contributed by atoms with Gasteiger partial charge in [0.1, 0.15) is 6.04 Å². The molecule has 7 nitrogen and oxygen atoms in total. The van der Waals surface area contributed by atoms with Crippen molar-refractivity contribution in [3.05, 3.63) is 38.7 Å². The Labute approximate surface area is 164 Å². The largest absolute Gasteiger partial charge is 0.493 e. The van der Waals surface area contributed by atoms with Crippen LogP contribution in [0.1, 0.15) is 29.8 Å². The lowest BCUT2D eigenvalue weighted by Crippen LogP contribution is -2.32. The van der Waals surface area contributed by atoms with Crippen LogP contribution < -0.4 is 5.32 Å². The molecule has 3 N–H and O–H groups in total. The molecule has 9 heteroatoms. The van der Waals surface area contributed by atoms with Crippen LogP contribution in [-0.4, -0.2) is 39.4 Å². The Morgan fingerprint density at radius 3 is 2.89 bits per heavy atom. The van der Waals surface area contributed by atoms with Gasteiger partial charge in [0.15, 0.2) is 3.95 Å². The van der Waals surface area contributed by atoms with Crippen molar-refractivity contribution in [3.8, 4) is 5.88 Å². The lowest BCUT2D eigenvalue weighted by atomic mass is 10.1. The fourth-order valence-corrected chi connectivity index (χ4v) is 4.10. The van der Waals surface area contributed by atoms with Crippen molar-refractivity contribution in [3.63, 3.8) is 0 Å². The highest BCUT2D eigenvalue weighted by atomic mass is 32.1. The van der Waals surface area contributed by atoms with E-state index in [4.69, 9.17) is 17.3 Å². The van der Waals surface area contributed by atoms with Gasteiger partial charge in [0.2, 0.25) is 11.8 Å². The minimum absolute atomic E-state index is 0.0148. The number of hydrogen-bond acceptors (Lipinski definition) is 6. The molecule has 1 unspecified atom stereocenters. The number of carbonyl (C=O) groups excluding carboxylic acids is 1. The topological polar surface area (TPSA) is 104 Å². The Morgan fingerprint density at radius 1 is 1.41 bits per heavy atom. The van der Waals surface area contributed by atoms with Crippen LogP contribution in [0.3, 0.4) is 0 Å². The number of hydrogen-bond donors (Lipinski definition) is 3. The summed E-state index contributed by atoms with van der Waals surface area (Å²) in [5.74, 6) is -1.51. The summed E-state index contributed by atoms with van der Waals surface area (Å²) in [7, 11) is 0. The molecule has 140 valence electrons. The molecule has 1 aromatic heterocycles. The maximum atomic E-state index is 12.2. The van der Waals surface area contributed by atoms with E-state index in [1.807, 2.05) is 24.3 Å². The van der Waals surface area contributed by atoms with Gasteiger partial charge in [-0.1, -0.05) is 18.2 Å². The molecule has 27 heavy (non-hydrogen) atoms. The first-order valence-corrected chi connectivity index (χ1v) is 9.40. The van der Waals surface area contributed by atoms with E-state index in [1.54, 1.807) is 19.2 Å². The summed E-state index contributed by atoms with van der Waals surface area (Å²) in [6.45, 7) is 1.61. The minimum Gasteiger partial charge on any atom is -0.493 e. The Bertz CT molecular complexity index is 1020. The number of aromatic nitrogens is 1. The summed E-state index contributed by atoms with van der Waals surface area (Å²) in [5, 5.41) is 21.8. The first-order chi connectivity index (χ1) is 12.9. The number of carboxylic acid groups (broad SMARTS) is 1. The molecule has 0 saturated carbocycles. The molecule has 1 aliphatic rings. The van der Waals surface area contributed by atoms with Gasteiger partial charge in [0.05, 0.1) is 17.0 Å². The van der Waals surface area contributed by atoms with Crippen molar-refractivity contribution in [1.29, 1.82) is 0 Å². The second-order valence-electron chi connectivity index (χ2n) is 5.91. The van der Waals surface area contributed by atoms with Crippen molar-refractivity contribution in [2.45, 2.75) is 19.4 Å². The first kappa shape index (κ1) is 19.0. The molecular formula is C18H17N3O4S2. The summed E-state index contributed by atoms with van der Waals surface area (Å²) >= 11 is 6.51. The second-order valence-corrected chi connectivity index (χ2v) is 7.59. The number of amides is 1. The van der Waals surface area contributed by atoms with E-state index < -0.39 is 17.9 Å². The maximum absolute atomic E-state index is 12.2. The van der Waals surface area contributed by atoms with E-state index in [9.17, 15) is 14.7 Å². The van der Waals surface area contributed by atoms with Gasteiger partial charge >= 0.3 is 5.97 Å². The minimum atomic E-state index is -0.995. The average molecular weight is 403 g/mol. The number of para-hydroxylation sites is 1. The number of aliphatic carboxylic acids is 1. The summed E-state index contributed by atoms with van der Waals surface area (Å²) < 4.78 is 1.71. The van der Waals surface area contributed by atoms with Crippen LogP contribution in [0.25, 0.3) is 11.6 Å². The number of rotatable bonds is 6. The van der Waals surface area contributed by atoms with Gasteiger partial charge in [-0.05, 0) is 31.3 Å². The van der Waals surface area contributed by atoms with Crippen molar-refractivity contribution in [1.82, 2.24) is 9.88 Å². The van der Waals surface area contributed by atoms with Gasteiger partial charge in [-0.2, -0.15) is 0 Å². The van der Waals surface area contributed by atoms with Crippen LogP contribution in [0.2, 0.25) is 0 Å². The van der Waals surface area contributed by atoms with E-state index in [-0.39, 0.29) is 18.8 Å².